The zero-order valence-corrected chi connectivity index (χ0v) is 32.2. The van der Waals surface area contributed by atoms with Crippen LogP contribution < -0.4 is 0 Å². The Labute approximate surface area is 297 Å². The van der Waals surface area contributed by atoms with E-state index in [1.807, 2.05) is 18.2 Å². The summed E-state index contributed by atoms with van der Waals surface area (Å²) in [4.78, 5) is 48.9. The number of carbonyl (C=O) groups excluding carboxylic acids is 4. The van der Waals surface area contributed by atoms with Gasteiger partial charge in [0.1, 0.15) is 8.07 Å². The molecule has 0 saturated carbocycles. The lowest BCUT2D eigenvalue weighted by Crippen LogP contribution is -2.69. The maximum absolute atomic E-state index is 12.5. The van der Waals surface area contributed by atoms with E-state index in [1.54, 1.807) is 6.07 Å². The number of rotatable bonds is 12. The van der Waals surface area contributed by atoms with Gasteiger partial charge >= 0.3 is 29.7 Å². The average Bonchev–Trinajstić information content (AvgIpc) is 3.02. The first-order chi connectivity index (χ1) is 23.5. The fourth-order valence-electron chi connectivity index (χ4n) is 7.31. The number of methoxy groups -OCH3 is 1. The van der Waals surface area contributed by atoms with Crippen molar-refractivity contribution in [2.24, 2.45) is 0 Å². The van der Waals surface area contributed by atoms with Gasteiger partial charge in [-0.3, -0.25) is 19.2 Å². The van der Waals surface area contributed by atoms with Gasteiger partial charge in [-0.05, 0) is 58.4 Å². The predicted octanol–water partition coefficient (Wildman–Crippen LogP) is 5.91. The number of esters is 4. The van der Waals surface area contributed by atoms with Gasteiger partial charge in [0.15, 0.2) is 12.7 Å². The molecule has 1 aliphatic rings. The second-order valence-electron chi connectivity index (χ2n) is 13.8. The van der Waals surface area contributed by atoms with Crippen molar-refractivity contribution in [1.82, 2.24) is 0 Å². The van der Waals surface area contributed by atoms with Gasteiger partial charge in [-0.1, -0.05) is 71.7 Å². The van der Waals surface area contributed by atoms with Crippen molar-refractivity contribution in [2.45, 2.75) is 122 Å². The Morgan fingerprint density at radius 3 is 1.82 bits per heavy atom. The highest BCUT2D eigenvalue weighted by Crippen LogP contribution is 2.43. The summed E-state index contributed by atoms with van der Waals surface area (Å²) in [6, 6.07) is 15.7. The third-order valence-corrected chi connectivity index (χ3v) is 15.7. The van der Waals surface area contributed by atoms with Crippen LogP contribution in [-0.4, -0.2) is 74.8 Å². The van der Waals surface area contributed by atoms with Gasteiger partial charge in [0, 0.05) is 40.4 Å². The lowest BCUT2D eigenvalue weighted by molar-refractivity contribution is -0.436. The maximum Gasteiger partial charge on any atom is 0.344 e. The van der Waals surface area contributed by atoms with Crippen LogP contribution in [0.3, 0.4) is 0 Å². The zero-order chi connectivity index (χ0) is 37.4. The summed E-state index contributed by atoms with van der Waals surface area (Å²) in [5.74, 6) is -0.920. The quantitative estimate of drug-likeness (QED) is 0.0869. The lowest BCUT2D eigenvalue weighted by atomic mass is 9.86. The third-order valence-electron chi connectivity index (χ3n) is 9.40. The van der Waals surface area contributed by atoms with Gasteiger partial charge in [0.2, 0.25) is 18.3 Å². The Balaban J connectivity index is 2.05. The highest BCUT2D eigenvalue weighted by molar-refractivity contribution is 6.90. The fourth-order valence-corrected chi connectivity index (χ4v) is 12.5. The Bertz CT molecular complexity index is 1550. The summed E-state index contributed by atoms with van der Waals surface area (Å²) in [6.45, 7) is 18.3. The molecule has 0 radical (unpaired) electrons. The topological polar surface area (TPSA) is 127 Å². The van der Waals surface area contributed by atoms with Gasteiger partial charge in [0.05, 0.1) is 5.56 Å². The van der Waals surface area contributed by atoms with Crippen LogP contribution in [0.15, 0.2) is 48.5 Å². The number of hydrogen-bond acceptors (Lipinski definition) is 9. The lowest BCUT2D eigenvalue weighted by Gasteiger charge is -2.46. The minimum absolute atomic E-state index is 0.313. The molecule has 11 heteroatoms. The van der Waals surface area contributed by atoms with Crippen molar-refractivity contribution < 1.29 is 47.6 Å². The van der Waals surface area contributed by atoms with Crippen LogP contribution in [0.25, 0.3) is 0 Å². The summed E-state index contributed by atoms with van der Waals surface area (Å²) in [5.41, 5.74) is 8.84. The number of aliphatic hydroxyl groups is 2. The van der Waals surface area contributed by atoms with Crippen LogP contribution in [0.2, 0.25) is 16.6 Å². The molecule has 1 saturated heterocycles. The smallest absolute Gasteiger partial charge is 0.344 e. The zero-order valence-electron chi connectivity index (χ0n) is 31.2. The van der Waals surface area contributed by atoms with E-state index in [4.69, 9.17) is 28.4 Å². The Morgan fingerprint density at radius 1 is 0.760 bits per heavy atom. The summed E-state index contributed by atoms with van der Waals surface area (Å²) in [6.07, 6.45) is -4.44. The normalized spacial score (nSPS) is 22.0. The fraction of sp³-hybridized carbons (Fsp3) is 0.538. The van der Waals surface area contributed by atoms with Crippen LogP contribution in [0.5, 0.6) is 0 Å². The van der Waals surface area contributed by atoms with Gasteiger partial charge in [-0.15, -0.1) is 5.54 Å². The molecule has 1 N–H and O–H groups in total. The molecule has 1 unspecified atom stereocenters. The monoisotopic (exact) mass is 709 g/mol. The summed E-state index contributed by atoms with van der Waals surface area (Å²) >= 11 is 0. The molecule has 5 atom stereocenters. The van der Waals surface area contributed by atoms with E-state index in [-0.39, 0.29) is 6.61 Å². The third kappa shape index (κ3) is 9.41. The molecular formula is C39H53O10Si+. The average molecular weight is 710 g/mol. The summed E-state index contributed by atoms with van der Waals surface area (Å²) in [7, 11) is -0.477. The predicted molar refractivity (Wildman–Crippen MR) is 192 cm³/mol. The first-order valence-corrected chi connectivity index (χ1v) is 19.3. The van der Waals surface area contributed by atoms with Crippen molar-refractivity contribution in [2.75, 3.05) is 13.7 Å². The first-order valence-electron chi connectivity index (χ1n) is 17.1. The minimum Gasteiger partial charge on any atom is -0.457 e. The van der Waals surface area contributed by atoms with Gasteiger partial charge < -0.3 is 28.4 Å². The van der Waals surface area contributed by atoms with Crippen LogP contribution in [0.1, 0.15) is 91.5 Å². The largest absolute Gasteiger partial charge is 0.457 e. The number of ether oxygens (including phenoxy) is 6. The maximum atomic E-state index is 12.5. The SMILES string of the molecule is COC1(c2cccc(Cc3ccc(C#C[Si](C(C)C)(C(C)C)C(C)C)cc3)c2)[OH+][C@H](COC(C)=O)[C@@H](OC(C)=O)[C@H](OC(C)=O)[C@H]1OC(C)=O. The summed E-state index contributed by atoms with van der Waals surface area (Å²) in [5, 5.41) is 0. The van der Waals surface area contributed by atoms with E-state index in [0.29, 0.717) is 28.6 Å². The van der Waals surface area contributed by atoms with E-state index < -0.39 is 62.2 Å². The molecule has 1 aliphatic heterocycles. The molecule has 1 fully saturated rings. The van der Waals surface area contributed by atoms with Crippen LogP contribution >= 0.6 is 0 Å². The van der Waals surface area contributed by atoms with E-state index in [1.165, 1.54) is 34.8 Å². The molecule has 50 heavy (non-hydrogen) atoms. The molecular weight excluding hydrogens is 657 g/mol. The van der Waals surface area contributed by atoms with Crippen molar-refractivity contribution >= 4 is 32.0 Å². The van der Waals surface area contributed by atoms with Gasteiger partial charge in [0.25, 0.3) is 0 Å². The van der Waals surface area contributed by atoms with Crippen LogP contribution in [-0.2, 0) is 55.1 Å². The van der Waals surface area contributed by atoms with Crippen molar-refractivity contribution in [3.8, 4) is 11.5 Å². The molecule has 2 aromatic rings. The standard InChI is InChI=1S/C39H52O10Si/c1-24(2)50(25(3)4,26(5)6)20-19-31-15-17-32(18-16-31)21-33-13-12-14-34(22-33)39(44-11)38(48-30(10)43)37(47-29(9)42)36(46-28(8)41)35(49-39)23-45-27(7)40/h12-18,22,24-26,35-38H,21,23H2,1-11H3/p+1/t35-,36-,37+,38-,39?/m1/s1. The number of hydrogen-bond donors (Lipinski definition) is 0. The molecule has 0 aliphatic carbocycles. The van der Waals surface area contributed by atoms with Gasteiger partial charge in [-0.25, -0.2) is 0 Å². The minimum atomic E-state index is -1.87. The number of benzene rings is 2. The van der Waals surface area contributed by atoms with Crippen LogP contribution in [0.4, 0.5) is 0 Å². The highest BCUT2D eigenvalue weighted by atomic mass is 28.3. The Hall–Kier alpha value is -3.98. The Kier molecular flexibility index (Phi) is 14.0. The van der Waals surface area contributed by atoms with E-state index in [2.05, 4.69) is 77.3 Å². The highest BCUT2D eigenvalue weighted by Gasteiger charge is 2.66. The molecule has 0 bridgehead atoms. The molecule has 0 aromatic heterocycles. The molecule has 3 rings (SSSR count). The van der Waals surface area contributed by atoms with Crippen molar-refractivity contribution in [3.05, 3.63) is 70.8 Å². The molecule has 272 valence electrons. The molecule has 2 aromatic carbocycles. The molecule has 0 spiro atoms. The molecule has 10 nitrogen and oxygen atoms in total. The van der Waals surface area contributed by atoms with Gasteiger partial charge in [-0.2, -0.15) is 0 Å². The number of carbonyl (C=O) groups is 4. The van der Waals surface area contributed by atoms with Crippen molar-refractivity contribution in [1.29, 1.82) is 0 Å². The van der Waals surface area contributed by atoms with E-state index >= 15 is 0 Å². The first kappa shape index (κ1) is 40.4. The second kappa shape index (κ2) is 17.3. The molecule has 0 amide bonds. The van der Waals surface area contributed by atoms with E-state index in [0.717, 1.165) is 16.7 Å². The van der Waals surface area contributed by atoms with Crippen LogP contribution in [0, 0.1) is 11.5 Å². The second-order valence-corrected chi connectivity index (χ2v) is 19.4. The molecule has 1 heterocycles. The Morgan fingerprint density at radius 2 is 1.32 bits per heavy atom. The van der Waals surface area contributed by atoms with Crippen molar-refractivity contribution in [3.63, 3.8) is 0 Å². The van der Waals surface area contributed by atoms with E-state index in [9.17, 15) is 19.2 Å². The summed E-state index contributed by atoms with van der Waals surface area (Å²) < 4.78 is 33.2.